The number of carbonyl (C=O) groups is 1. The number of carbonyl (C=O) groups excluding carboxylic acids is 1. The molecule has 2 nitrogen and oxygen atoms in total. The zero-order valence-electron chi connectivity index (χ0n) is 9.37. The lowest BCUT2D eigenvalue weighted by molar-refractivity contribution is -0.140. The summed E-state index contributed by atoms with van der Waals surface area (Å²) in [5.74, 6) is 2.04. The summed E-state index contributed by atoms with van der Waals surface area (Å²) >= 11 is 4.31. The van der Waals surface area contributed by atoms with Crippen LogP contribution in [-0.4, -0.2) is 18.3 Å². The molecule has 0 aromatic carbocycles. The molecule has 0 amide bonds. The van der Waals surface area contributed by atoms with Gasteiger partial charge >= 0.3 is 5.97 Å². The smallest absolute Gasteiger partial charge is 0.333 e. The van der Waals surface area contributed by atoms with E-state index in [1.807, 2.05) is 0 Å². The van der Waals surface area contributed by atoms with E-state index in [1.54, 1.807) is 6.92 Å². The number of hydrogen-bond donors (Lipinski definition) is 1. The normalized spacial score (nSPS) is 26.0. The Morgan fingerprint density at radius 3 is 2.33 bits per heavy atom. The highest BCUT2D eigenvalue weighted by molar-refractivity contribution is 7.80. The molecule has 0 spiro atoms. The predicted octanol–water partition coefficient (Wildman–Crippen LogP) is 2.84. The van der Waals surface area contributed by atoms with E-state index in [0.717, 1.165) is 24.5 Å². The molecule has 0 radical (unpaired) electrons. The van der Waals surface area contributed by atoms with Crippen LogP contribution in [0.15, 0.2) is 12.2 Å². The first-order chi connectivity index (χ1) is 7.13. The molecule has 1 fully saturated rings. The second kappa shape index (κ2) is 6.21. The molecule has 1 aliphatic carbocycles. The maximum Gasteiger partial charge on any atom is 0.333 e. The number of hydrogen-bond acceptors (Lipinski definition) is 3. The molecule has 0 bridgehead atoms. The molecule has 0 aromatic heterocycles. The number of esters is 1. The summed E-state index contributed by atoms with van der Waals surface area (Å²) in [6, 6.07) is 0. The zero-order chi connectivity index (χ0) is 11.3. The largest absolute Gasteiger partial charge is 0.462 e. The van der Waals surface area contributed by atoms with Crippen LogP contribution >= 0.6 is 12.6 Å². The lowest BCUT2D eigenvalue weighted by Gasteiger charge is -2.27. The summed E-state index contributed by atoms with van der Waals surface area (Å²) in [5.41, 5.74) is 0.485. The van der Waals surface area contributed by atoms with Crippen LogP contribution in [0.5, 0.6) is 0 Å². The van der Waals surface area contributed by atoms with Crippen molar-refractivity contribution in [3.8, 4) is 0 Å². The molecule has 0 heterocycles. The molecular weight excluding hydrogens is 208 g/mol. The Morgan fingerprint density at radius 1 is 1.33 bits per heavy atom. The van der Waals surface area contributed by atoms with Gasteiger partial charge in [0.2, 0.25) is 0 Å². The molecule has 15 heavy (non-hydrogen) atoms. The van der Waals surface area contributed by atoms with Crippen LogP contribution in [0.2, 0.25) is 0 Å². The van der Waals surface area contributed by atoms with Crippen LogP contribution < -0.4 is 0 Å². The van der Waals surface area contributed by atoms with E-state index in [0.29, 0.717) is 18.1 Å². The van der Waals surface area contributed by atoms with Gasteiger partial charge in [0.25, 0.3) is 0 Å². The van der Waals surface area contributed by atoms with Gasteiger partial charge in [-0.3, -0.25) is 0 Å². The van der Waals surface area contributed by atoms with Gasteiger partial charge in [-0.2, -0.15) is 12.6 Å². The van der Waals surface area contributed by atoms with E-state index in [1.165, 1.54) is 12.8 Å². The van der Waals surface area contributed by atoms with Crippen molar-refractivity contribution >= 4 is 18.6 Å². The summed E-state index contributed by atoms with van der Waals surface area (Å²) in [6.45, 7) is 5.80. The van der Waals surface area contributed by atoms with Crippen molar-refractivity contribution in [1.82, 2.24) is 0 Å². The van der Waals surface area contributed by atoms with Gasteiger partial charge < -0.3 is 4.74 Å². The van der Waals surface area contributed by atoms with Gasteiger partial charge in [-0.1, -0.05) is 6.58 Å². The van der Waals surface area contributed by atoms with Crippen LogP contribution in [0.3, 0.4) is 0 Å². The average Bonchev–Trinajstić information content (AvgIpc) is 2.26. The molecular formula is C12H20O2S. The third kappa shape index (κ3) is 4.29. The average molecular weight is 228 g/mol. The minimum absolute atomic E-state index is 0.258. The van der Waals surface area contributed by atoms with Crippen molar-refractivity contribution < 1.29 is 9.53 Å². The molecule has 3 heteroatoms. The molecule has 1 saturated carbocycles. The zero-order valence-corrected chi connectivity index (χ0v) is 10.3. The quantitative estimate of drug-likeness (QED) is 0.455. The first-order valence-electron chi connectivity index (χ1n) is 5.57. The Morgan fingerprint density at radius 2 is 1.87 bits per heavy atom. The standard InChI is InChI=1S/C12H20O2S/c1-9(2)12(13)14-7-10-3-5-11(8-15)6-4-10/h10-11,15H,1,3-8H2,2H3. The third-order valence-corrected chi connectivity index (χ3v) is 3.54. The van der Waals surface area contributed by atoms with Crippen molar-refractivity contribution in [3.05, 3.63) is 12.2 Å². The number of ether oxygens (including phenoxy) is 1. The number of rotatable bonds is 4. The monoisotopic (exact) mass is 228 g/mol. The van der Waals surface area contributed by atoms with Gasteiger partial charge in [-0.05, 0) is 50.2 Å². The molecule has 0 N–H and O–H groups in total. The second-order valence-corrected chi connectivity index (χ2v) is 4.81. The van der Waals surface area contributed by atoms with Crippen molar-refractivity contribution in [2.24, 2.45) is 11.8 Å². The van der Waals surface area contributed by atoms with Crippen LogP contribution in [-0.2, 0) is 9.53 Å². The van der Waals surface area contributed by atoms with Crippen LogP contribution in [0.1, 0.15) is 32.6 Å². The fourth-order valence-electron chi connectivity index (χ4n) is 1.90. The molecule has 1 aliphatic rings. The van der Waals surface area contributed by atoms with Gasteiger partial charge in [-0.15, -0.1) is 0 Å². The minimum Gasteiger partial charge on any atom is -0.462 e. The second-order valence-electron chi connectivity index (χ2n) is 4.45. The topological polar surface area (TPSA) is 26.3 Å². The van der Waals surface area contributed by atoms with Crippen molar-refractivity contribution in [1.29, 1.82) is 0 Å². The van der Waals surface area contributed by atoms with E-state index in [4.69, 9.17) is 4.74 Å². The fraction of sp³-hybridized carbons (Fsp3) is 0.750. The van der Waals surface area contributed by atoms with Gasteiger partial charge in [0.05, 0.1) is 6.61 Å². The highest BCUT2D eigenvalue weighted by atomic mass is 32.1. The lowest BCUT2D eigenvalue weighted by atomic mass is 9.83. The predicted molar refractivity (Wildman–Crippen MR) is 65.1 cm³/mol. The highest BCUT2D eigenvalue weighted by Crippen LogP contribution is 2.29. The van der Waals surface area contributed by atoms with Gasteiger partial charge in [0, 0.05) is 5.57 Å². The van der Waals surface area contributed by atoms with Gasteiger partial charge in [-0.25, -0.2) is 4.79 Å². The summed E-state index contributed by atoms with van der Waals surface area (Å²) in [7, 11) is 0. The number of thiol groups is 1. The molecule has 86 valence electrons. The van der Waals surface area contributed by atoms with Crippen molar-refractivity contribution in [3.63, 3.8) is 0 Å². The Bertz CT molecular complexity index is 230. The maximum absolute atomic E-state index is 11.2. The molecule has 0 aromatic rings. The molecule has 1 rings (SSSR count). The van der Waals surface area contributed by atoms with Gasteiger partial charge in [0.15, 0.2) is 0 Å². The summed E-state index contributed by atoms with van der Waals surface area (Å²) < 4.78 is 5.15. The first kappa shape index (κ1) is 12.6. The van der Waals surface area contributed by atoms with Crippen LogP contribution in [0, 0.1) is 11.8 Å². The van der Waals surface area contributed by atoms with Crippen LogP contribution in [0.25, 0.3) is 0 Å². The SMILES string of the molecule is C=C(C)C(=O)OCC1CCC(CS)CC1. The Kier molecular flexibility index (Phi) is 5.23. The third-order valence-electron chi connectivity index (χ3n) is 3.02. The molecule has 0 saturated heterocycles. The van der Waals surface area contributed by atoms with Crippen LogP contribution in [0.4, 0.5) is 0 Å². The Hall–Kier alpha value is -0.440. The Labute approximate surface area is 97.5 Å². The van der Waals surface area contributed by atoms with Crippen molar-refractivity contribution in [2.45, 2.75) is 32.6 Å². The molecule has 0 unspecified atom stereocenters. The van der Waals surface area contributed by atoms with E-state index >= 15 is 0 Å². The minimum atomic E-state index is -0.258. The van der Waals surface area contributed by atoms with E-state index in [-0.39, 0.29) is 5.97 Å². The van der Waals surface area contributed by atoms with E-state index < -0.39 is 0 Å². The maximum atomic E-state index is 11.2. The van der Waals surface area contributed by atoms with Crippen molar-refractivity contribution in [2.75, 3.05) is 12.4 Å². The molecule has 0 atom stereocenters. The first-order valence-corrected chi connectivity index (χ1v) is 6.20. The highest BCUT2D eigenvalue weighted by Gasteiger charge is 2.21. The fourth-order valence-corrected chi connectivity index (χ4v) is 2.26. The van der Waals surface area contributed by atoms with E-state index in [2.05, 4.69) is 19.2 Å². The summed E-state index contributed by atoms with van der Waals surface area (Å²) in [6.07, 6.45) is 4.76. The van der Waals surface area contributed by atoms with E-state index in [9.17, 15) is 4.79 Å². The Balaban J connectivity index is 2.19. The van der Waals surface area contributed by atoms with Gasteiger partial charge in [0.1, 0.15) is 0 Å². The summed E-state index contributed by atoms with van der Waals surface area (Å²) in [5, 5.41) is 0. The lowest BCUT2D eigenvalue weighted by Crippen LogP contribution is -2.21. The summed E-state index contributed by atoms with van der Waals surface area (Å²) in [4.78, 5) is 11.2. The molecule has 0 aliphatic heterocycles.